The zero-order valence-electron chi connectivity index (χ0n) is 12.1. The minimum Gasteiger partial charge on any atom is -0.398 e. The molecule has 0 saturated carbocycles. The van der Waals surface area contributed by atoms with Gasteiger partial charge in [-0.2, -0.15) is 16.1 Å². The highest BCUT2D eigenvalue weighted by Crippen LogP contribution is 2.29. The lowest BCUT2D eigenvalue weighted by Crippen LogP contribution is -2.38. The summed E-state index contributed by atoms with van der Waals surface area (Å²) in [5, 5.41) is 0. The van der Waals surface area contributed by atoms with E-state index in [1.54, 1.807) is 22.1 Å². The predicted molar refractivity (Wildman–Crippen MR) is 85.7 cm³/mol. The average Bonchev–Trinajstić information content (AvgIpc) is 2.47. The van der Waals surface area contributed by atoms with Crippen molar-refractivity contribution < 1.29 is 8.42 Å². The van der Waals surface area contributed by atoms with Crippen LogP contribution in [0.3, 0.4) is 0 Å². The summed E-state index contributed by atoms with van der Waals surface area (Å²) in [4.78, 5) is 0.406. The highest BCUT2D eigenvalue weighted by atomic mass is 32.2. The first-order valence-corrected chi connectivity index (χ1v) is 9.59. The standard InChI is InChI=1S/C14H22N2O2S2/c1-3-11-9-13(15)12(4-2)14(10-11)20(17,18)16-5-7-19-8-6-16/h9-10H,3-8,15H2,1-2H3. The zero-order chi connectivity index (χ0) is 14.8. The van der Waals surface area contributed by atoms with E-state index in [0.29, 0.717) is 30.1 Å². The van der Waals surface area contributed by atoms with E-state index >= 15 is 0 Å². The van der Waals surface area contributed by atoms with Gasteiger partial charge >= 0.3 is 0 Å². The Morgan fingerprint density at radius 2 is 1.85 bits per heavy atom. The van der Waals surface area contributed by atoms with Gasteiger partial charge in [0.1, 0.15) is 0 Å². The van der Waals surface area contributed by atoms with Crippen molar-refractivity contribution in [1.82, 2.24) is 4.31 Å². The number of nitrogens with two attached hydrogens (primary N) is 1. The van der Waals surface area contributed by atoms with Crippen molar-refractivity contribution in [3.63, 3.8) is 0 Å². The SMILES string of the molecule is CCc1cc(N)c(CC)c(S(=O)(=O)N2CCSCC2)c1. The van der Waals surface area contributed by atoms with Crippen LogP contribution >= 0.6 is 11.8 Å². The van der Waals surface area contributed by atoms with Crippen molar-refractivity contribution in [1.29, 1.82) is 0 Å². The monoisotopic (exact) mass is 314 g/mol. The van der Waals surface area contributed by atoms with Crippen LogP contribution in [0.1, 0.15) is 25.0 Å². The van der Waals surface area contributed by atoms with Gasteiger partial charge in [-0.25, -0.2) is 8.42 Å². The third-order valence-corrected chi connectivity index (χ3v) is 6.56. The molecule has 4 nitrogen and oxygen atoms in total. The van der Waals surface area contributed by atoms with Gasteiger partial charge in [-0.05, 0) is 36.1 Å². The van der Waals surface area contributed by atoms with E-state index in [1.165, 1.54) is 0 Å². The van der Waals surface area contributed by atoms with E-state index in [-0.39, 0.29) is 0 Å². The van der Waals surface area contributed by atoms with Gasteiger partial charge < -0.3 is 5.73 Å². The molecule has 112 valence electrons. The Morgan fingerprint density at radius 1 is 1.20 bits per heavy atom. The first-order valence-electron chi connectivity index (χ1n) is 6.99. The fourth-order valence-corrected chi connectivity index (χ4v) is 5.41. The Bertz CT molecular complexity index is 579. The molecule has 0 aromatic heterocycles. The number of hydrogen-bond donors (Lipinski definition) is 1. The topological polar surface area (TPSA) is 63.4 Å². The number of rotatable bonds is 4. The molecule has 0 aliphatic carbocycles. The average molecular weight is 314 g/mol. The normalized spacial score (nSPS) is 17.3. The number of anilines is 1. The van der Waals surface area contributed by atoms with Gasteiger partial charge in [0.25, 0.3) is 0 Å². The number of nitrogens with zero attached hydrogens (tertiary/aromatic N) is 1. The van der Waals surface area contributed by atoms with Gasteiger partial charge in [0.15, 0.2) is 0 Å². The highest BCUT2D eigenvalue weighted by molar-refractivity contribution is 7.99. The Balaban J connectivity index is 2.51. The molecule has 2 rings (SSSR count). The molecule has 1 aliphatic rings. The summed E-state index contributed by atoms with van der Waals surface area (Å²) in [5.74, 6) is 1.73. The van der Waals surface area contributed by atoms with Crippen molar-refractivity contribution in [2.24, 2.45) is 0 Å². The van der Waals surface area contributed by atoms with Crippen molar-refractivity contribution >= 4 is 27.5 Å². The second kappa shape index (κ2) is 6.37. The van der Waals surface area contributed by atoms with Gasteiger partial charge in [-0.15, -0.1) is 0 Å². The van der Waals surface area contributed by atoms with Crippen LogP contribution in [0, 0.1) is 0 Å². The number of hydrogen-bond acceptors (Lipinski definition) is 4. The second-order valence-electron chi connectivity index (χ2n) is 4.89. The molecule has 20 heavy (non-hydrogen) atoms. The largest absolute Gasteiger partial charge is 0.398 e. The smallest absolute Gasteiger partial charge is 0.243 e. The summed E-state index contributed by atoms with van der Waals surface area (Å²) < 4.78 is 27.3. The third-order valence-electron chi connectivity index (χ3n) is 3.65. The van der Waals surface area contributed by atoms with Crippen molar-refractivity contribution in [2.75, 3.05) is 30.3 Å². The van der Waals surface area contributed by atoms with Crippen molar-refractivity contribution in [3.8, 4) is 0 Å². The van der Waals surface area contributed by atoms with E-state index in [1.807, 2.05) is 19.9 Å². The van der Waals surface area contributed by atoms with E-state index in [2.05, 4.69) is 0 Å². The van der Waals surface area contributed by atoms with Gasteiger partial charge in [-0.1, -0.05) is 13.8 Å². The maximum atomic E-state index is 12.8. The molecule has 0 spiro atoms. The first kappa shape index (κ1) is 15.7. The first-order chi connectivity index (χ1) is 9.50. The molecule has 0 radical (unpaired) electrons. The van der Waals surface area contributed by atoms with Crippen molar-refractivity contribution in [2.45, 2.75) is 31.6 Å². The molecule has 0 amide bonds. The van der Waals surface area contributed by atoms with Crippen LogP contribution in [0.15, 0.2) is 17.0 Å². The molecule has 1 fully saturated rings. The van der Waals surface area contributed by atoms with Crippen LogP contribution in [0.4, 0.5) is 5.69 Å². The summed E-state index contributed by atoms with van der Waals surface area (Å²) >= 11 is 1.80. The van der Waals surface area contributed by atoms with Crippen molar-refractivity contribution in [3.05, 3.63) is 23.3 Å². The van der Waals surface area contributed by atoms with Crippen LogP contribution in [-0.2, 0) is 22.9 Å². The minimum atomic E-state index is -3.42. The molecule has 0 bridgehead atoms. The minimum absolute atomic E-state index is 0.406. The third kappa shape index (κ3) is 2.97. The lowest BCUT2D eigenvalue weighted by molar-refractivity contribution is 0.443. The highest BCUT2D eigenvalue weighted by Gasteiger charge is 2.29. The Labute approximate surface area is 125 Å². The Kier molecular flexibility index (Phi) is 4.99. The molecule has 2 N–H and O–H groups in total. The van der Waals surface area contributed by atoms with Crippen LogP contribution < -0.4 is 5.73 Å². The number of benzene rings is 1. The lowest BCUT2D eigenvalue weighted by atomic mass is 10.1. The van der Waals surface area contributed by atoms with Gasteiger partial charge in [0.2, 0.25) is 10.0 Å². The zero-order valence-corrected chi connectivity index (χ0v) is 13.7. The van der Waals surface area contributed by atoms with Crippen LogP contribution in [0.2, 0.25) is 0 Å². The molecule has 1 heterocycles. The summed E-state index contributed by atoms with van der Waals surface area (Å²) in [6, 6.07) is 3.69. The van der Waals surface area contributed by atoms with Gasteiger partial charge in [0.05, 0.1) is 4.90 Å². The molecular formula is C14H22N2O2S2. The molecular weight excluding hydrogens is 292 g/mol. The lowest BCUT2D eigenvalue weighted by Gasteiger charge is -2.27. The van der Waals surface area contributed by atoms with E-state index < -0.39 is 10.0 Å². The summed E-state index contributed by atoms with van der Waals surface area (Å²) in [7, 11) is -3.42. The molecule has 0 atom stereocenters. The molecule has 6 heteroatoms. The van der Waals surface area contributed by atoms with Crippen LogP contribution in [-0.4, -0.2) is 37.3 Å². The number of aryl methyl sites for hydroxylation is 1. The molecule has 1 aliphatic heterocycles. The van der Waals surface area contributed by atoms with E-state index in [4.69, 9.17) is 5.73 Å². The molecule has 1 aromatic carbocycles. The maximum absolute atomic E-state index is 12.8. The molecule has 1 aromatic rings. The molecule has 0 unspecified atom stereocenters. The van der Waals surface area contributed by atoms with Gasteiger partial charge in [0, 0.05) is 30.3 Å². The maximum Gasteiger partial charge on any atom is 0.243 e. The number of sulfonamides is 1. The second-order valence-corrected chi connectivity index (χ2v) is 8.02. The quantitative estimate of drug-likeness (QED) is 0.865. The number of thioether (sulfide) groups is 1. The van der Waals surface area contributed by atoms with Gasteiger partial charge in [-0.3, -0.25) is 0 Å². The summed E-state index contributed by atoms with van der Waals surface area (Å²) in [6.07, 6.45) is 1.42. The summed E-state index contributed by atoms with van der Waals surface area (Å²) in [6.45, 7) is 5.13. The number of nitrogen functional groups attached to an aromatic ring is 1. The summed E-state index contributed by atoms with van der Waals surface area (Å²) in [5.41, 5.74) is 8.37. The Hall–Kier alpha value is -0.720. The fraction of sp³-hybridized carbons (Fsp3) is 0.571. The van der Waals surface area contributed by atoms with Crippen LogP contribution in [0.5, 0.6) is 0 Å². The molecule has 1 saturated heterocycles. The predicted octanol–water partition coefficient (Wildman–Crippen LogP) is 2.13. The fourth-order valence-electron chi connectivity index (χ4n) is 2.46. The van der Waals surface area contributed by atoms with E-state index in [9.17, 15) is 8.42 Å². The van der Waals surface area contributed by atoms with Crippen LogP contribution in [0.25, 0.3) is 0 Å². The Morgan fingerprint density at radius 3 is 2.40 bits per heavy atom. The van der Waals surface area contributed by atoms with E-state index in [0.717, 1.165) is 29.1 Å².